The van der Waals surface area contributed by atoms with E-state index in [4.69, 9.17) is 9.84 Å². The van der Waals surface area contributed by atoms with Crippen LogP contribution in [0.1, 0.15) is 29.7 Å². The van der Waals surface area contributed by atoms with Crippen LogP contribution in [0.4, 0.5) is 0 Å². The summed E-state index contributed by atoms with van der Waals surface area (Å²) in [4.78, 5) is 10.7. The maximum Gasteiger partial charge on any atom is 0.337 e. The average Bonchev–Trinajstić information content (AvgIpc) is 2.22. The summed E-state index contributed by atoms with van der Waals surface area (Å²) in [7, 11) is 0. The second-order valence-corrected chi connectivity index (χ2v) is 3.65. The van der Waals surface area contributed by atoms with Crippen LogP contribution < -0.4 is 4.74 Å². The summed E-state index contributed by atoms with van der Waals surface area (Å²) in [6.45, 7) is 6.02. The lowest BCUT2D eigenvalue weighted by Gasteiger charge is -2.14. The Morgan fingerprint density at radius 1 is 1.38 bits per heavy atom. The van der Waals surface area contributed by atoms with Crippen molar-refractivity contribution in [2.75, 3.05) is 6.61 Å². The van der Waals surface area contributed by atoms with Gasteiger partial charge >= 0.3 is 5.97 Å². The number of benzene rings is 1. The van der Waals surface area contributed by atoms with E-state index in [0.29, 0.717) is 17.7 Å². The number of carboxylic acids is 1. The highest BCUT2D eigenvalue weighted by molar-refractivity contribution is 5.74. The molecule has 0 saturated carbocycles. The van der Waals surface area contributed by atoms with E-state index in [2.05, 4.69) is 0 Å². The molecule has 0 bridgehead atoms. The highest BCUT2D eigenvalue weighted by Crippen LogP contribution is 2.26. The van der Waals surface area contributed by atoms with Gasteiger partial charge in [0.2, 0.25) is 0 Å². The molecule has 0 saturated heterocycles. The van der Waals surface area contributed by atoms with Crippen molar-refractivity contribution in [1.29, 1.82) is 0 Å². The molecule has 0 aliphatic carbocycles. The topological polar surface area (TPSA) is 66.8 Å². The Labute approximate surface area is 94.5 Å². The largest absolute Gasteiger partial charge is 0.494 e. The third-order valence-electron chi connectivity index (χ3n) is 2.39. The van der Waals surface area contributed by atoms with E-state index >= 15 is 0 Å². The molecule has 0 radical (unpaired) electrons. The number of hydrogen-bond donors (Lipinski definition) is 2. The van der Waals surface area contributed by atoms with Crippen molar-refractivity contribution in [1.82, 2.24) is 0 Å². The molecule has 0 aliphatic heterocycles. The van der Waals surface area contributed by atoms with E-state index in [0.717, 1.165) is 11.3 Å². The molecule has 88 valence electrons. The van der Waals surface area contributed by atoms with Gasteiger partial charge in [-0.3, -0.25) is 0 Å². The van der Waals surface area contributed by atoms with Crippen LogP contribution in [0.5, 0.6) is 5.75 Å². The molecule has 1 rings (SSSR count). The Balaban J connectivity index is 3.14. The number of rotatable bonds is 4. The fraction of sp³-hybridized carbons (Fsp3) is 0.417. The molecule has 1 unspecified atom stereocenters. The molecule has 1 atom stereocenters. The molecule has 4 nitrogen and oxygen atoms in total. The summed E-state index contributed by atoms with van der Waals surface area (Å²) >= 11 is 0. The van der Waals surface area contributed by atoms with Gasteiger partial charge in [0, 0.05) is 0 Å². The van der Waals surface area contributed by atoms with Crippen LogP contribution in [0.15, 0.2) is 12.1 Å². The van der Waals surface area contributed by atoms with Gasteiger partial charge in [0.05, 0.1) is 6.61 Å². The maximum atomic E-state index is 10.7. The fourth-order valence-corrected chi connectivity index (χ4v) is 1.55. The fourth-order valence-electron chi connectivity index (χ4n) is 1.55. The number of carbonyl (C=O) groups is 1. The van der Waals surface area contributed by atoms with Crippen molar-refractivity contribution in [2.45, 2.75) is 26.9 Å². The first-order valence-corrected chi connectivity index (χ1v) is 5.12. The Kier molecular flexibility index (Phi) is 3.90. The molecule has 4 heteroatoms. The van der Waals surface area contributed by atoms with Crippen LogP contribution in [0.3, 0.4) is 0 Å². The molecule has 0 aromatic heterocycles. The van der Waals surface area contributed by atoms with Gasteiger partial charge in [-0.25, -0.2) is 4.79 Å². The highest BCUT2D eigenvalue weighted by Gasteiger charge is 2.19. The first-order chi connectivity index (χ1) is 7.47. The second-order valence-electron chi connectivity index (χ2n) is 3.65. The van der Waals surface area contributed by atoms with Crippen LogP contribution in [-0.4, -0.2) is 22.8 Å². The summed E-state index contributed by atoms with van der Waals surface area (Å²) in [6, 6.07) is 3.40. The van der Waals surface area contributed by atoms with Gasteiger partial charge in [-0.05, 0) is 49.6 Å². The number of hydrogen-bond acceptors (Lipinski definition) is 3. The predicted molar refractivity (Wildman–Crippen MR) is 59.7 cm³/mol. The van der Waals surface area contributed by atoms with Gasteiger partial charge in [0.1, 0.15) is 5.75 Å². The zero-order valence-electron chi connectivity index (χ0n) is 9.65. The third-order valence-corrected chi connectivity index (χ3v) is 2.39. The molecule has 0 amide bonds. The van der Waals surface area contributed by atoms with E-state index in [1.807, 2.05) is 13.8 Å². The number of aryl methyl sites for hydroxylation is 2. The van der Waals surface area contributed by atoms with Crippen molar-refractivity contribution in [3.63, 3.8) is 0 Å². The standard InChI is InChI=1S/C12H16O4/c1-4-16-10-6-7(2)9(5-8(10)3)11(13)12(14)15/h5-6,11,13H,4H2,1-3H3,(H,14,15). The molecular weight excluding hydrogens is 208 g/mol. The smallest absolute Gasteiger partial charge is 0.337 e. The summed E-state index contributed by atoms with van der Waals surface area (Å²) in [5, 5.41) is 18.2. The normalized spacial score (nSPS) is 12.2. The lowest BCUT2D eigenvalue weighted by Crippen LogP contribution is -2.12. The van der Waals surface area contributed by atoms with Crippen LogP contribution >= 0.6 is 0 Å². The minimum atomic E-state index is -1.48. The average molecular weight is 224 g/mol. The lowest BCUT2D eigenvalue weighted by atomic mass is 10.00. The van der Waals surface area contributed by atoms with E-state index < -0.39 is 12.1 Å². The van der Waals surface area contributed by atoms with Crippen molar-refractivity contribution < 1.29 is 19.7 Å². The molecule has 1 aromatic carbocycles. The minimum Gasteiger partial charge on any atom is -0.494 e. The molecule has 1 aromatic rings. The van der Waals surface area contributed by atoms with Crippen molar-refractivity contribution in [3.8, 4) is 5.75 Å². The van der Waals surface area contributed by atoms with Crippen molar-refractivity contribution in [2.24, 2.45) is 0 Å². The van der Waals surface area contributed by atoms with Gasteiger partial charge in [0.15, 0.2) is 6.10 Å². The minimum absolute atomic E-state index is 0.411. The lowest BCUT2D eigenvalue weighted by molar-refractivity contribution is -0.147. The predicted octanol–water partition coefficient (Wildman–Crippen LogP) is 1.82. The molecule has 0 aliphatic rings. The zero-order chi connectivity index (χ0) is 12.3. The first-order valence-electron chi connectivity index (χ1n) is 5.12. The molecule has 0 heterocycles. The SMILES string of the molecule is CCOc1cc(C)c(C(O)C(=O)O)cc1C. The number of aliphatic carboxylic acids is 1. The van der Waals surface area contributed by atoms with Crippen molar-refractivity contribution >= 4 is 5.97 Å². The Morgan fingerprint density at radius 2 is 2.00 bits per heavy atom. The zero-order valence-corrected chi connectivity index (χ0v) is 9.65. The van der Waals surface area contributed by atoms with Crippen molar-refractivity contribution in [3.05, 3.63) is 28.8 Å². The maximum absolute atomic E-state index is 10.7. The molecule has 16 heavy (non-hydrogen) atoms. The Hall–Kier alpha value is -1.55. The molecular formula is C12H16O4. The van der Waals surface area contributed by atoms with Gasteiger partial charge in [-0.1, -0.05) is 0 Å². The second kappa shape index (κ2) is 4.99. The first kappa shape index (κ1) is 12.5. The molecule has 0 spiro atoms. The Morgan fingerprint density at radius 3 is 2.50 bits per heavy atom. The number of carboxylic acid groups (broad SMARTS) is 1. The number of aliphatic hydroxyl groups excluding tert-OH is 1. The quantitative estimate of drug-likeness (QED) is 0.818. The Bertz CT molecular complexity index is 398. The summed E-state index contributed by atoms with van der Waals surface area (Å²) in [5.41, 5.74) is 1.94. The van der Waals surface area contributed by atoms with Crippen LogP contribution in [0.2, 0.25) is 0 Å². The molecule has 0 fully saturated rings. The number of aliphatic hydroxyl groups is 1. The molecule has 2 N–H and O–H groups in total. The van der Waals surface area contributed by atoms with Crippen LogP contribution in [0.25, 0.3) is 0 Å². The third kappa shape index (κ3) is 2.52. The van der Waals surface area contributed by atoms with Gasteiger partial charge < -0.3 is 14.9 Å². The highest BCUT2D eigenvalue weighted by atomic mass is 16.5. The summed E-state index contributed by atoms with van der Waals surface area (Å²) in [5.74, 6) is -0.520. The van der Waals surface area contributed by atoms with E-state index in [-0.39, 0.29) is 0 Å². The van der Waals surface area contributed by atoms with Crippen LogP contribution in [-0.2, 0) is 4.79 Å². The van der Waals surface area contributed by atoms with E-state index in [1.165, 1.54) is 0 Å². The summed E-state index contributed by atoms with van der Waals surface area (Å²) in [6.07, 6.45) is -1.48. The van der Waals surface area contributed by atoms with Crippen LogP contribution in [0, 0.1) is 13.8 Å². The van der Waals surface area contributed by atoms with E-state index in [9.17, 15) is 9.90 Å². The summed E-state index contributed by atoms with van der Waals surface area (Å²) < 4.78 is 5.38. The van der Waals surface area contributed by atoms with Gasteiger partial charge in [-0.2, -0.15) is 0 Å². The van der Waals surface area contributed by atoms with Gasteiger partial charge in [0.25, 0.3) is 0 Å². The monoisotopic (exact) mass is 224 g/mol. The van der Waals surface area contributed by atoms with E-state index in [1.54, 1.807) is 19.1 Å². The number of ether oxygens (including phenoxy) is 1. The van der Waals surface area contributed by atoms with Gasteiger partial charge in [-0.15, -0.1) is 0 Å².